The summed E-state index contributed by atoms with van der Waals surface area (Å²) in [6.45, 7) is 0. The Hall–Kier alpha value is -2.10. The van der Waals surface area contributed by atoms with Crippen LogP contribution in [0.4, 0.5) is 0 Å². The topological polar surface area (TPSA) is 39.8 Å². The molecule has 1 aromatic rings. The predicted octanol–water partition coefficient (Wildman–Crippen LogP) is 3.35. The van der Waals surface area contributed by atoms with E-state index in [1.54, 1.807) is 4.68 Å². The minimum atomic E-state index is 0.0678. The summed E-state index contributed by atoms with van der Waals surface area (Å²) in [5.41, 5.74) is 2.76. The molecule has 3 aliphatic rings. The van der Waals surface area contributed by atoms with Crippen molar-refractivity contribution in [3.63, 3.8) is 0 Å². The fourth-order valence-corrected chi connectivity index (χ4v) is 3.56. The lowest BCUT2D eigenvalue weighted by Crippen LogP contribution is -2.24. The summed E-state index contributed by atoms with van der Waals surface area (Å²) in [6.07, 6.45) is 7.76. The van der Waals surface area contributed by atoms with Crippen LogP contribution in [0, 0.1) is 0 Å². The van der Waals surface area contributed by atoms with Crippen LogP contribution < -0.4 is 5.56 Å². The third kappa shape index (κ3) is 1.89. The van der Waals surface area contributed by atoms with Gasteiger partial charge in [0.25, 0.3) is 5.56 Å². The SMILES string of the molecule is Cn1cc2c(=O)n(C3CCCCC3)nc-2c2ccccc21. The number of benzene rings is 1. The van der Waals surface area contributed by atoms with E-state index >= 15 is 0 Å². The molecule has 0 unspecified atom stereocenters. The highest BCUT2D eigenvalue weighted by atomic mass is 16.1. The Labute approximate surface area is 123 Å². The summed E-state index contributed by atoms with van der Waals surface area (Å²) in [5, 5.41) is 5.76. The molecule has 0 bridgehead atoms. The molecule has 0 N–H and O–H groups in total. The van der Waals surface area contributed by atoms with E-state index in [2.05, 4.69) is 12.1 Å². The van der Waals surface area contributed by atoms with Crippen molar-refractivity contribution in [3.8, 4) is 11.3 Å². The van der Waals surface area contributed by atoms with Crippen molar-refractivity contribution < 1.29 is 0 Å². The van der Waals surface area contributed by atoms with E-state index in [1.807, 2.05) is 29.9 Å². The Balaban J connectivity index is 1.99. The van der Waals surface area contributed by atoms with Gasteiger partial charge in [-0.25, -0.2) is 4.68 Å². The lowest BCUT2D eigenvalue weighted by atomic mass is 9.96. The van der Waals surface area contributed by atoms with E-state index in [9.17, 15) is 4.79 Å². The van der Waals surface area contributed by atoms with Gasteiger partial charge in [0.1, 0.15) is 5.69 Å². The molecular weight excluding hydrogens is 262 g/mol. The molecule has 0 amide bonds. The lowest BCUT2D eigenvalue weighted by Gasteiger charge is -2.20. The average Bonchev–Trinajstić information content (AvgIpc) is 2.86. The summed E-state index contributed by atoms with van der Waals surface area (Å²) in [4.78, 5) is 12.7. The van der Waals surface area contributed by atoms with Crippen molar-refractivity contribution in [2.24, 2.45) is 7.05 Å². The van der Waals surface area contributed by atoms with Gasteiger partial charge in [0.15, 0.2) is 0 Å². The minimum absolute atomic E-state index is 0.0678. The summed E-state index contributed by atoms with van der Waals surface area (Å²) in [5.74, 6) is 0. The van der Waals surface area contributed by atoms with Crippen molar-refractivity contribution in [1.29, 1.82) is 0 Å². The Kier molecular flexibility index (Phi) is 2.84. The number of para-hydroxylation sites is 1. The highest BCUT2D eigenvalue weighted by Gasteiger charge is 2.24. The van der Waals surface area contributed by atoms with Gasteiger partial charge in [-0.3, -0.25) is 4.79 Å². The van der Waals surface area contributed by atoms with E-state index < -0.39 is 0 Å². The van der Waals surface area contributed by atoms with Gasteiger partial charge in [0, 0.05) is 24.1 Å². The Morgan fingerprint density at radius 2 is 1.90 bits per heavy atom. The van der Waals surface area contributed by atoms with Crippen LogP contribution in [0.1, 0.15) is 38.1 Å². The molecule has 2 heterocycles. The van der Waals surface area contributed by atoms with Crippen LogP contribution >= 0.6 is 0 Å². The third-order valence-electron chi connectivity index (χ3n) is 4.68. The molecule has 2 aliphatic heterocycles. The number of nitrogens with zero attached hydrogens (tertiary/aromatic N) is 3. The highest BCUT2D eigenvalue weighted by Crippen LogP contribution is 2.31. The van der Waals surface area contributed by atoms with E-state index in [0.29, 0.717) is 0 Å². The maximum atomic E-state index is 12.7. The molecule has 0 radical (unpaired) electrons. The van der Waals surface area contributed by atoms with Crippen molar-refractivity contribution in [2.45, 2.75) is 38.1 Å². The van der Waals surface area contributed by atoms with Crippen LogP contribution in [0.3, 0.4) is 0 Å². The molecule has 21 heavy (non-hydrogen) atoms. The summed E-state index contributed by atoms with van der Waals surface area (Å²) >= 11 is 0. The van der Waals surface area contributed by atoms with E-state index in [-0.39, 0.29) is 11.6 Å². The standard InChI is InChI=1S/C17H19N3O/c1-19-11-14-16(13-9-5-6-10-15(13)19)18-20(17(14)21)12-7-3-2-4-8-12/h5-6,9-12H,2-4,7-8H2,1H3. The van der Waals surface area contributed by atoms with Crippen molar-refractivity contribution >= 4 is 10.9 Å². The van der Waals surface area contributed by atoms with Gasteiger partial charge < -0.3 is 4.57 Å². The third-order valence-corrected chi connectivity index (χ3v) is 4.68. The molecule has 1 aromatic carbocycles. The average molecular weight is 281 g/mol. The second-order valence-electron chi connectivity index (χ2n) is 6.06. The summed E-state index contributed by atoms with van der Waals surface area (Å²) < 4.78 is 3.77. The first-order chi connectivity index (χ1) is 10.3. The van der Waals surface area contributed by atoms with E-state index in [1.165, 1.54) is 19.3 Å². The largest absolute Gasteiger partial charge is 0.350 e. The number of hydrogen-bond acceptors (Lipinski definition) is 2. The fraction of sp³-hybridized carbons (Fsp3) is 0.412. The number of aryl methyl sites for hydroxylation is 1. The molecule has 0 atom stereocenters. The van der Waals surface area contributed by atoms with Gasteiger partial charge in [0.05, 0.1) is 11.6 Å². The molecule has 1 saturated carbocycles. The zero-order valence-corrected chi connectivity index (χ0v) is 12.2. The monoisotopic (exact) mass is 281 g/mol. The molecule has 4 heteroatoms. The van der Waals surface area contributed by atoms with Gasteiger partial charge in [0.2, 0.25) is 0 Å². The lowest BCUT2D eigenvalue weighted by molar-refractivity contribution is 0.324. The van der Waals surface area contributed by atoms with Crippen molar-refractivity contribution in [1.82, 2.24) is 14.3 Å². The molecule has 4 rings (SSSR count). The quantitative estimate of drug-likeness (QED) is 0.686. The molecule has 1 fully saturated rings. The molecular formula is C17H19N3O. The highest BCUT2D eigenvalue weighted by molar-refractivity contribution is 5.93. The number of fused-ring (bicyclic) bond motifs is 3. The minimum Gasteiger partial charge on any atom is -0.350 e. The fourth-order valence-electron chi connectivity index (χ4n) is 3.56. The number of hydrogen-bond donors (Lipinski definition) is 0. The van der Waals surface area contributed by atoms with Crippen LogP contribution in [-0.2, 0) is 7.05 Å². The van der Waals surface area contributed by atoms with Crippen LogP contribution in [-0.4, -0.2) is 14.3 Å². The Morgan fingerprint density at radius 1 is 1.14 bits per heavy atom. The summed E-state index contributed by atoms with van der Waals surface area (Å²) in [7, 11) is 1.99. The molecule has 0 spiro atoms. The first-order valence-corrected chi connectivity index (χ1v) is 7.72. The zero-order chi connectivity index (χ0) is 14.4. The molecule has 0 aromatic heterocycles. The zero-order valence-electron chi connectivity index (χ0n) is 12.2. The molecule has 108 valence electrons. The second kappa shape index (κ2) is 4.72. The molecule has 1 aliphatic carbocycles. The van der Waals surface area contributed by atoms with Crippen molar-refractivity contribution in [2.75, 3.05) is 0 Å². The number of pyridine rings is 1. The smallest absolute Gasteiger partial charge is 0.278 e. The predicted molar refractivity (Wildman–Crippen MR) is 83.7 cm³/mol. The van der Waals surface area contributed by atoms with Gasteiger partial charge in [-0.1, -0.05) is 37.5 Å². The normalized spacial score (nSPS) is 16.8. The maximum Gasteiger partial charge on any atom is 0.278 e. The van der Waals surface area contributed by atoms with Crippen molar-refractivity contribution in [3.05, 3.63) is 40.8 Å². The first-order valence-electron chi connectivity index (χ1n) is 7.72. The number of aromatic nitrogens is 3. The molecule has 0 saturated heterocycles. The van der Waals surface area contributed by atoms with Gasteiger partial charge in [-0.05, 0) is 18.9 Å². The van der Waals surface area contributed by atoms with Crippen LogP contribution in [0.2, 0.25) is 0 Å². The van der Waals surface area contributed by atoms with Gasteiger partial charge >= 0.3 is 0 Å². The summed E-state index contributed by atoms with van der Waals surface area (Å²) in [6, 6.07) is 8.42. The van der Waals surface area contributed by atoms with Crippen LogP contribution in [0.25, 0.3) is 22.2 Å². The van der Waals surface area contributed by atoms with Crippen LogP contribution in [0.5, 0.6) is 0 Å². The first kappa shape index (κ1) is 12.6. The Bertz CT molecular complexity index is 824. The molecule has 4 nitrogen and oxygen atoms in total. The van der Waals surface area contributed by atoms with E-state index in [0.717, 1.165) is 35.0 Å². The maximum absolute atomic E-state index is 12.7. The number of rotatable bonds is 1. The Morgan fingerprint density at radius 3 is 2.71 bits per heavy atom. The van der Waals surface area contributed by atoms with Gasteiger partial charge in [-0.2, -0.15) is 5.10 Å². The van der Waals surface area contributed by atoms with Crippen LogP contribution in [0.15, 0.2) is 35.3 Å². The van der Waals surface area contributed by atoms with Gasteiger partial charge in [-0.15, -0.1) is 0 Å². The second-order valence-corrected chi connectivity index (χ2v) is 6.06. The van der Waals surface area contributed by atoms with E-state index in [4.69, 9.17) is 5.10 Å².